The van der Waals surface area contributed by atoms with E-state index in [-0.39, 0.29) is 10.6 Å². The molecule has 11 heteroatoms. The lowest BCUT2D eigenvalue weighted by atomic mass is 10.1. The summed E-state index contributed by atoms with van der Waals surface area (Å²) < 4.78 is 44.1. The number of benzene rings is 4. The van der Waals surface area contributed by atoms with Crippen molar-refractivity contribution in [2.24, 2.45) is 0 Å². The van der Waals surface area contributed by atoms with Gasteiger partial charge in [0.15, 0.2) is 26.5 Å². The number of thiazole rings is 1. The monoisotopic (exact) mass is 599 g/mol. The van der Waals surface area contributed by atoms with Crippen LogP contribution in [-0.4, -0.2) is 33.5 Å². The second kappa shape index (κ2) is 12.3. The Morgan fingerprint density at radius 3 is 2.36 bits per heavy atom. The standard InChI is InChI=1S/C31H25N3O6S2/c1-38-26-16-25-28(17-27(26)39-2)41-31(33-25)34-30(35)29(40-23-13-11-20(18-32)12-14-23)22-9-6-10-24(15-22)42(36,37)19-21-7-4-3-5-8-21/h3-17,29H,19H2,1-2H3,(H,33,34,35). The van der Waals surface area contributed by atoms with Gasteiger partial charge in [0.05, 0.1) is 46.7 Å². The Labute approximate surface area is 246 Å². The summed E-state index contributed by atoms with van der Waals surface area (Å²) in [4.78, 5) is 18.3. The van der Waals surface area contributed by atoms with Crippen molar-refractivity contribution in [1.82, 2.24) is 4.98 Å². The molecule has 5 rings (SSSR count). The average molecular weight is 600 g/mol. The molecular formula is C31H25N3O6S2. The zero-order valence-electron chi connectivity index (χ0n) is 22.6. The molecule has 1 unspecified atom stereocenters. The summed E-state index contributed by atoms with van der Waals surface area (Å²) in [6.07, 6.45) is -1.24. The fourth-order valence-corrected chi connectivity index (χ4v) is 6.52. The molecule has 42 heavy (non-hydrogen) atoms. The number of aromatic nitrogens is 1. The van der Waals surface area contributed by atoms with Crippen LogP contribution in [0.25, 0.3) is 10.2 Å². The Morgan fingerprint density at radius 1 is 0.952 bits per heavy atom. The number of fused-ring (bicyclic) bond motifs is 1. The zero-order valence-corrected chi connectivity index (χ0v) is 24.2. The number of nitriles is 1. The highest BCUT2D eigenvalue weighted by Crippen LogP contribution is 2.36. The number of methoxy groups -OCH3 is 2. The molecule has 0 aliphatic carbocycles. The minimum absolute atomic E-state index is 0.0595. The summed E-state index contributed by atoms with van der Waals surface area (Å²) in [7, 11) is -0.664. The largest absolute Gasteiger partial charge is 0.493 e. The maximum absolute atomic E-state index is 13.7. The fourth-order valence-electron chi connectivity index (χ4n) is 4.24. The van der Waals surface area contributed by atoms with Gasteiger partial charge in [-0.2, -0.15) is 5.26 Å². The molecule has 9 nitrogen and oxygen atoms in total. The molecule has 1 atom stereocenters. The number of nitrogens with one attached hydrogen (secondary N) is 1. The number of hydrogen-bond acceptors (Lipinski definition) is 9. The lowest BCUT2D eigenvalue weighted by Gasteiger charge is -2.19. The number of nitrogens with zero attached hydrogens (tertiary/aromatic N) is 2. The van der Waals surface area contributed by atoms with Crippen LogP contribution in [0.2, 0.25) is 0 Å². The maximum Gasteiger partial charge on any atom is 0.271 e. The third-order valence-electron chi connectivity index (χ3n) is 6.32. The molecule has 0 saturated heterocycles. The molecular weight excluding hydrogens is 574 g/mol. The maximum atomic E-state index is 13.7. The Morgan fingerprint density at radius 2 is 1.67 bits per heavy atom. The van der Waals surface area contributed by atoms with Gasteiger partial charge in [0.1, 0.15) is 5.75 Å². The van der Waals surface area contributed by atoms with Crippen molar-refractivity contribution < 1.29 is 27.4 Å². The van der Waals surface area contributed by atoms with Gasteiger partial charge in [-0.05, 0) is 42.0 Å². The number of hydrogen-bond donors (Lipinski definition) is 1. The van der Waals surface area contributed by atoms with Crippen LogP contribution >= 0.6 is 11.3 Å². The van der Waals surface area contributed by atoms with Crippen LogP contribution in [0.5, 0.6) is 17.2 Å². The van der Waals surface area contributed by atoms with E-state index in [2.05, 4.69) is 10.3 Å². The molecule has 0 saturated carbocycles. The Hall–Kier alpha value is -4.92. The molecule has 4 aromatic carbocycles. The summed E-state index contributed by atoms with van der Waals surface area (Å²) in [6, 6.07) is 26.8. The molecule has 5 aromatic rings. The Bertz CT molecular complexity index is 1840. The van der Waals surface area contributed by atoms with Crippen LogP contribution in [0.4, 0.5) is 5.13 Å². The van der Waals surface area contributed by atoms with E-state index in [4.69, 9.17) is 19.5 Å². The van der Waals surface area contributed by atoms with Crippen LogP contribution in [0, 0.1) is 11.3 Å². The SMILES string of the molecule is COc1cc2nc(NC(=O)C(Oc3ccc(C#N)cc3)c3cccc(S(=O)(=O)Cc4ccccc4)c3)sc2cc1OC. The van der Waals surface area contributed by atoms with Gasteiger partial charge in [0.25, 0.3) is 5.91 Å². The van der Waals surface area contributed by atoms with Crippen molar-refractivity contribution in [3.63, 3.8) is 0 Å². The van der Waals surface area contributed by atoms with Gasteiger partial charge in [-0.3, -0.25) is 10.1 Å². The summed E-state index contributed by atoms with van der Waals surface area (Å²) in [5.74, 6) is 0.606. The number of amides is 1. The van der Waals surface area contributed by atoms with Crippen LogP contribution in [0.1, 0.15) is 22.8 Å². The van der Waals surface area contributed by atoms with Gasteiger partial charge in [-0.15, -0.1) is 0 Å². The normalized spacial score (nSPS) is 11.8. The quantitative estimate of drug-likeness (QED) is 0.210. The van der Waals surface area contributed by atoms with E-state index in [9.17, 15) is 13.2 Å². The van der Waals surface area contributed by atoms with E-state index >= 15 is 0 Å². The lowest BCUT2D eigenvalue weighted by Crippen LogP contribution is -2.26. The summed E-state index contributed by atoms with van der Waals surface area (Å²) in [5, 5.41) is 12.3. The Kier molecular flexibility index (Phi) is 8.38. The van der Waals surface area contributed by atoms with E-state index in [1.165, 1.54) is 37.7 Å². The highest BCUT2D eigenvalue weighted by atomic mass is 32.2. The van der Waals surface area contributed by atoms with Crippen LogP contribution in [0.15, 0.2) is 95.9 Å². The van der Waals surface area contributed by atoms with Gasteiger partial charge >= 0.3 is 0 Å². The first-order chi connectivity index (χ1) is 20.3. The van der Waals surface area contributed by atoms with Gasteiger partial charge < -0.3 is 14.2 Å². The average Bonchev–Trinajstić information content (AvgIpc) is 3.40. The van der Waals surface area contributed by atoms with Crippen molar-refractivity contribution in [2.45, 2.75) is 16.8 Å². The first kappa shape index (κ1) is 28.6. The van der Waals surface area contributed by atoms with Gasteiger partial charge in [0.2, 0.25) is 6.10 Å². The van der Waals surface area contributed by atoms with Crippen LogP contribution in [-0.2, 0) is 20.4 Å². The molecule has 0 fully saturated rings. The molecule has 0 bridgehead atoms. The molecule has 0 radical (unpaired) electrons. The summed E-state index contributed by atoms with van der Waals surface area (Å²) >= 11 is 1.24. The summed E-state index contributed by atoms with van der Waals surface area (Å²) in [5.41, 5.74) is 2.01. The van der Waals surface area contributed by atoms with Gasteiger partial charge in [0, 0.05) is 17.7 Å². The summed E-state index contributed by atoms with van der Waals surface area (Å²) in [6.45, 7) is 0. The smallest absolute Gasteiger partial charge is 0.271 e. The van der Waals surface area contributed by atoms with E-state index < -0.39 is 21.8 Å². The van der Waals surface area contributed by atoms with E-state index in [0.29, 0.717) is 44.6 Å². The van der Waals surface area contributed by atoms with Crippen molar-refractivity contribution in [1.29, 1.82) is 5.26 Å². The van der Waals surface area contributed by atoms with Crippen molar-refractivity contribution in [3.8, 4) is 23.3 Å². The second-order valence-corrected chi connectivity index (χ2v) is 12.2. The zero-order chi connectivity index (χ0) is 29.7. The molecule has 1 heterocycles. The van der Waals surface area contributed by atoms with Crippen molar-refractivity contribution >= 4 is 42.4 Å². The van der Waals surface area contributed by atoms with Crippen molar-refractivity contribution in [2.75, 3.05) is 19.5 Å². The molecule has 0 aliphatic heterocycles. The first-order valence-electron chi connectivity index (χ1n) is 12.7. The van der Waals surface area contributed by atoms with Crippen molar-refractivity contribution in [3.05, 3.63) is 108 Å². The van der Waals surface area contributed by atoms with E-state index in [1.807, 2.05) is 12.1 Å². The highest BCUT2D eigenvalue weighted by molar-refractivity contribution is 7.90. The molecule has 1 N–H and O–H groups in total. The number of rotatable bonds is 10. The number of ether oxygens (including phenoxy) is 3. The second-order valence-electron chi connectivity index (χ2n) is 9.13. The fraction of sp³-hybridized carbons (Fsp3) is 0.129. The molecule has 1 aromatic heterocycles. The minimum Gasteiger partial charge on any atom is -0.493 e. The van der Waals surface area contributed by atoms with Crippen LogP contribution in [0.3, 0.4) is 0 Å². The number of sulfone groups is 1. The third-order valence-corrected chi connectivity index (χ3v) is 8.94. The highest BCUT2D eigenvalue weighted by Gasteiger charge is 2.26. The van der Waals surface area contributed by atoms with E-state index in [0.717, 1.165) is 4.70 Å². The van der Waals surface area contributed by atoms with E-state index in [1.54, 1.807) is 72.8 Å². The Balaban J connectivity index is 1.48. The molecule has 212 valence electrons. The number of carbonyl (C=O) groups excluding carboxylic acids is 1. The molecule has 0 aliphatic rings. The van der Waals surface area contributed by atoms with Gasteiger partial charge in [-0.1, -0.05) is 53.8 Å². The first-order valence-corrected chi connectivity index (χ1v) is 15.1. The lowest BCUT2D eigenvalue weighted by molar-refractivity contribution is -0.123. The van der Waals surface area contributed by atoms with Crippen LogP contribution < -0.4 is 19.5 Å². The minimum atomic E-state index is -3.72. The predicted octanol–water partition coefficient (Wildman–Crippen LogP) is 5.92. The van der Waals surface area contributed by atoms with Gasteiger partial charge in [-0.25, -0.2) is 13.4 Å². The molecule has 1 amide bonds. The topological polar surface area (TPSA) is 128 Å². The third kappa shape index (κ3) is 6.35. The molecule has 0 spiro atoms. The number of anilines is 1. The predicted molar refractivity (Wildman–Crippen MR) is 160 cm³/mol. The number of carbonyl (C=O) groups is 1.